The standard InChI is InChI=1S/C16H27N2O2.BrH/c1-3-19-12-13-20-11-10-18-9-4-6-15(14-18)16-7-5-8-17(16)2;/h4,6,9,14,16H,3,5,7-8,10-13H2,1-2H3;1H/q+1;/p-1/t16-;/m0./s1. The number of ether oxygens (including phenoxy) is 2. The van der Waals surface area contributed by atoms with Gasteiger partial charge in [-0.25, -0.2) is 4.57 Å². The molecular formula is C16H27BrN2O2. The van der Waals surface area contributed by atoms with E-state index in [-0.39, 0.29) is 17.0 Å². The zero-order valence-corrected chi connectivity index (χ0v) is 14.7. The predicted molar refractivity (Wildman–Crippen MR) is 78.6 cm³/mol. The average molecular weight is 359 g/mol. The van der Waals surface area contributed by atoms with E-state index in [1.54, 1.807) is 0 Å². The van der Waals surface area contributed by atoms with Gasteiger partial charge in [0.15, 0.2) is 18.9 Å². The van der Waals surface area contributed by atoms with Crippen molar-refractivity contribution in [1.82, 2.24) is 4.90 Å². The number of hydrogen-bond acceptors (Lipinski definition) is 3. The Kier molecular flexibility index (Phi) is 9.08. The number of nitrogens with zero attached hydrogens (tertiary/aromatic N) is 2. The zero-order valence-electron chi connectivity index (χ0n) is 13.1. The van der Waals surface area contributed by atoms with Gasteiger partial charge >= 0.3 is 0 Å². The summed E-state index contributed by atoms with van der Waals surface area (Å²) >= 11 is 0. The van der Waals surface area contributed by atoms with Gasteiger partial charge in [0.05, 0.1) is 13.2 Å². The van der Waals surface area contributed by atoms with Gasteiger partial charge in [0.2, 0.25) is 0 Å². The van der Waals surface area contributed by atoms with E-state index in [2.05, 4.69) is 41.0 Å². The van der Waals surface area contributed by atoms with Crippen LogP contribution in [0.1, 0.15) is 31.4 Å². The average Bonchev–Trinajstić information content (AvgIpc) is 2.89. The lowest BCUT2D eigenvalue weighted by molar-refractivity contribution is -0.699. The molecule has 2 heterocycles. The summed E-state index contributed by atoms with van der Waals surface area (Å²) in [5, 5.41) is 0. The highest BCUT2D eigenvalue weighted by molar-refractivity contribution is 5.12. The second-order valence-electron chi connectivity index (χ2n) is 5.32. The Hall–Kier alpha value is -0.490. The van der Waals surface area contributed by atoms with Crippen LogP contribution in [0.4, 0.5) is 0 Å². The number of pyridine rings is 1. The molecule has 0 saturated carbocycles. The topological polar surface area (TPSA) is 25.6 Å². The first-order chi connectivity index (χ1) is 9.81. The predicted octanol–water partition coefficient (Wildman–Crippen LogP) is -1.20. The van der Waals surface area contributed by atoms with Crippen molar-refractivity contribution in [2.45, 2.75) is 32.4 Å². The molecule has 0 radical (unpaired) electrons. The number of aromatic nitrogens is 1. The minimum atomic E-state index is 0. The summed E-state index contributed by atoms with van der Waals surface area (Å²) in [4.78, 5) is 2.44. The van der Waals surface area contributed by atoms with E-state index in [0.29, 0.717) is 19.3 Å². The maximum Gasteiger partial charge on any atom is 0.173 e. The van der Waals surface area contributed by atoms with Crippen molar-refractivity contribution in [3.63, 3.8) is 0 Å². The molecule has 1 saturated heterocycles. The molecule has 1 atom stereocenters. The molecule has 0 amide bonds. The molecule has 2 rings (SSSR count). The summed E-state index contributed by atoms with van der Waals surface area (Å²) in [7, 11) is 2.21. The molecule has 1 aromatic rings. The monoisotopic (exact) mass is 358 g/mol. The smallest absolute Gasteiger partial charge is 0.173 e. The van der Waals surface area contributed by atoms with Crippen molar-refractivity contribution in [3.8, 4) is 0 Å². The highest BCUT2D eigenvalue weighted by Gasteiger charge is 2.24. The van der Waals surface area contributed by atoms with Gasteiger partial charge in [-0.3, -0.25) is 4.90 Å². The molecule has 0 aromatic carbocycles. The van der Waals surface area contributed by atoms with Crippen LogP contribution in [0, 0.1) is 0 Å². The second-order valence-corrected chi connectivity index (χ2v) is 5.32. The quantitative estimate of drug-likeness (QED) is 0.431. The maximum absolute atomic E-state index is 5.57. The molecule has 0 aliphatic carbocycles. The lowest BCUT2D eigenvalue weighted by atomic mass is 10.1. The SMILES string of the molecule is CCOCCOCC[n+]1cccc([C@@H]2CCCN2C)c1.[Br-]. The van der Waals surface area contributed by atoms with Gasteiger partial charge in [-0.05, 0) is 39.4 Å². The van der Waals surface area contributed by atoms with Gasteiger partial charge in [-0.2, -0.15) is 0 Å². The Morgan fingerprint density at radius 2 is 2.10 bits per heavy atom. The summed E-state index contributed by atoms with van der Waals surface area (Å²) in [6.45, 7) is 6.97. The van der Waals surface area contributed by atoms with E-state index < -0.39 is 0 Å². The molecule has 21 heavy (non-hydrogen) atoms. The molecule has 0 N–H and O–H groups in total. The minimum absolute atomic E-state index is 0. The summed E-state index contributed by atoms with van der Waals surface area (Å²) in [5.74, 6) is 0. The second kappa shape index (κ2) is 10.3. The third-order valence-electron chi connectivity index (χ3n) is 3.86. The Bertz CT molecular complexity index is 404. The van der Waals surface area contributed by atoms with Gasteiger partial charge in [-0.15, -0.1) is 0 Å². The third-order valence-corrected chi connectivity index (χ3v) is 3.86. The minimum Gasteiger partial charge on any atom is -1.00 e. The Morgan fingerprint density at radius 3 is 2.81 bits per heavy atom. The molecule has 1 aliphatic rings. The molecule has 5 heteroatoms. The van der Waals surface area contributed by atoms with Crippen molar-refractivity contribution < 1.29 is 31.0 Å². The zero-order chi connectivity index (χ0) is 14.2. The summed E-state index contributed by atoms with van der Waals surface area (Å²) in [5.41, 5.74) is 1.42. The molecule has 4 nitrogen and oxygen atoms in total. The summed E-state index contributed by atoms with van der Waals surface area (Å²) in [6, 6.07) is 4.96. The van der Waals surface area contributed by atoms with Crippen molar-refractivity contribution >= 4 is 0 Å². The van der Waals surface area contributed by atoms with Gasteiger partial charge in [-0.1, -0.05) is 0 Å². The number of hydrogen-bond donors (Lipinski definition) is 0. The van der Waals surface area contributed by atoms with Crippen molar-refractivity contribution in [2.75, 3.05) is 40.0 Å². The van der Waals surface area contributed by atoms with Gasteiger partial charge in [0.1, 0.15) is 6.61 Å². The van der Waals surface area contributed by atoms with Crippen LogP contribution in [0.15, 0.2) is 24.5 Å². The van der Waals surface area contributed by atoms with Crippen LogP contribution < -0.4 is 21.5 Å². The van der Waals surface area contributed by atoms with Crippen molar-refractivity contribution in [2.24, 2.45) is 0 Å². The third kappa shape index (κ3) is 6.02. The van der Waals surface area contributed by atoms with E-state index in [4.69, 9.17) is 9.47 Å². The van der Waals surface area contributed by atoms with Gasteiger partial charge in [0, 0.05) is 24.3 Å². The Morgan fingerprint density at radius 1 is 1.29 bits per heavy atom. The van der Waals surface area contributed by atoms with E-state index in [0.717, 1.165) is 19.8 Å². The first kappa shape index (κ1) is 18.6. The number of halogens is 1. The first-order valence-electron chi connectivity index (χ1n) is 7.66. The molecule has 120 valence electrons. The number of likely N-dealkylation sites (tertiary alicyclic amines) is 1. The van der Waals surface area contributed by atoms with Crippen LogP contribution in [-0.4, -0.2) is 44.9 Å². The largest absolute Gasteiger partial charge is 1.00 e. The number of rotatable bonds is 8. The van der Waals surface area contributed by atoms with Gasteiger partial charge in [0.25, 0.3) is 0 Å². The summed E-state index contributed by atoms with van der Waals surface area (Å²) < 4.78 is 13.0. The van der Waals surface area contributed by atoms with E-state index in [9.17, 15) is 0 Å². The van der Waals surface area contributed by atoms with Crippen molar-refractivity contribution in [1.29, 1.82) is 0 Å². The molecule has 0 spiro atoms. The Labute approximate surface area is 138 Å². The normalized spacial score (nSPS) is 18.7. The molecule has 1 fully saturated rings. The molecule has 1 aliphatic heterocycles. The lowest BCUT2D eigenvalue weighted by Crippen LogP contribution is -3.00. The van der Waals surface area contributed by atoms with E-state index >= 15 is 0 Å². The van der Waals surface area contributed by atoms with Crippen molar-refractivity contribution in [3.05, 3.63) is 30.1 Å². The summed E-state index contributed by atoms with van der Waals surface area (Å²) in [6.07, 6.45) is 6.95. The van der Waals surface area contributed by atoms with Gasteiger partial charge < -0.3 is 26.5 Å². The van der Waals surface area contributed by atoms with Crippen LogP contribution in [0.25, 0.3) is 0 Å². The van der Waals surface area contributed by atoms with Crippen LogP contribution in [-0.2, 0) is 16.0 Å². The maximum atomic E-state index is 5.57. The fraction of sp³-hybridized carbons (Fsp3) is 0.688. The molecule has 0 unspecified atom stereocenters. The molecule has 1 aromatic heterocycles. The Balaban J connectivity index is 0.00000220. The first-order valence-corrected chi connectivity index (χ1v) is 7.66. The molecule has 0 bridgehead atoms. The highest BCUT2D eigenvalue weighted by Crippen LogP contribution is 2.29. The van der Waals surface area contributed by atoms with Crippen LogP contribution in [0.5, 0.6) is 0 Å². The highest BCUT2D eigenvalue weighted by atomic mass is 79.9. The fourth-order valence-corrected chi connectivity index (χ4v) is 2.74. The van der Waals surface area contributed by atoms with E-state index in [1.807, 2.05) is 6.92 Å². The van der Waals surface area contributed by atoms with Crippen LogP contribution in [0.2, 0.25) is 0 Å². The van der Waals surface area contributed by atoms with Crippen LogP contribution in [0.3, 0.4) is 0 Å². The van der Waals surface area contributed by atoms with Crippen LogP contribution >= 0.6 is 0 Å². The fourth-order valence-electron chi connectivity index (χ4n) is 2.74. The lowest BCUT2D eigenvalue weighted by Gasteiger charge is -2.18. The van der Waals surface area contributed by atoms with E-state index in [1.165, 1.54) is 24.9 Å². The molecular weight excluding hydrogens is 332 g/mol.